The van der Waals surface area contributed by atoms with E-state index in [9.17, 15) is 12.8 Å². The normalized spacial score (nSPS) is 11.5. The van der Waals surface area contributed by atoms with Crippen molar-refractivity contribution in [3.63, 3.8) is 0 Å². The number of aromatic nitrogens is 1. The first-order valence-electron chi connectivity index (χ1n) is 6.50. The van der Waals surface area contributed by atoms with Crippen molar-refractivity contribution in [2.75, 3.05) is 0 Å². The molecule has 6 heteroatoms. The highest BCUT2D eigenvalue weighted by Crippen LogP contribution is 2.28. The van der Waals surface area contributed by atoms with E-state index in [-0.39, 0.29) is 15.1 Å². The third-order valence-corrected chi connectivity index (χ3v) is 6.21. The molecule has 0 saturated carbocycles. The van der Waals surface area contributed by atoms with Crippen LogP contribution in [0.4, 0.5) is 4.39 Å². The zero-order valence-electron chi connectivity index (χ0n) is 11.7. The fraction of sp³-hybridized carbons (Fsp3) is 0.0625. The summed E-state index contributed by atoms with van der Waals surface area (Å²) < 4.78 is 38.0. The van der Waals surface area contributed by atoms with E-state index in [1.807, 2.05) is 6.92 Å². The molecule has 112 valence electrons. The molecule has 2 aromatic carbocycles. The molecule has 0 aliphatic rings. The van der Waals surface area contributed by atoms with Crippen LogP contribution in [0.25, 0.3) is 11.3 Å². The van der Waals surface area contributed by atoms with Crippen LogP contribution >= 0.6 is 11.3 Å². The van der Waals surface area contributed by atoms with Crippen LogP contribution in [0.15, 0.2) is 63.1 Å². The molecule has 0 bridgehead atoms. The van der Waals surface area contributed by atoms with Crippen LogP contribution in [-0.2, 0) is 9.84 Å². The summed E-state index contributed by atoms with van der Waals surface area (Å²) in [4.78, 5) is 4.41. The molecule has 1 heterocycles. The van der Waals surface area contributed by atoms with Gasteiger partial charge in [-0.3, -0.25) is 0 Å². The zero-order chi connectivity index (χ0) is 15.7. The van der Waals surface area contributed by atoms with Gasteiger partial charge in [-0.15, -0.1) is 11.3 Å². The molecule has 0 radical (unpaired) electrons. The molecule has 3 aromatic rings. The van der Waals surface area contributed by atoms with Gasteiger partial charge in [-0.2, -0.15) is 0 Å². The number of halogens is 1. The summed E-state index contributed by atoms with van der Waals surface area (Å²) >= 11 is 1.06. The highest BCUT2D eigenvalue weighted by atomic mass is 32.2. The minimum Gasteiger partial charge on any atom is -0.225 e. The monoisotopic (exact) mass is 333 g/mol. The summed E-state index contributed by atoms with van der Waals surface area (Å²) in [5.74, 6) is -0.341. The zero-order valence-corrected chi connectivity index (χ0v) is 13.3. The summed E-state index contributed by atoms with van der Waals surface area (Å²) in [6, 6.07) is 12.4. The van der Waals surface area contributed by atoms with E-state index in [0.717, 1.165) is 16.9 Å². The third-order valence-electron chi connectivity index (χ3n) is 3.18. The molecule has 3 nitrogen and oxygen atoms in total. The third kappa shape index (κ3) is 2.80. The molecule has 0 N–H and O–H groups in total. The lowest BCUT2D eigenvalue weighted by molar-refractivity contribution is 0.595. The van der Waals surface area contributed by atoms with Crippen LogP contribution in [0.1, 0.15) is 5.56 Å². The number of rotatable bonds is 3. The van der Waals surface area contributed by atoms with Gasteiger partial charge in [0.25, 0.3) is 0 Å². The Morgan fingerprint density at radius 2 is 1.64 bits per heavy atom. The average molecular weight is 333 g/mol. The Kier molecular flexibility index (Phi) is 3.80. The van der Waals surface area contributed by atoms with Crippen molar-refractivity contribution in [1.29, 1.82) is 0 Å². The molecule has 0 aliphatic carbocycles. The average Bonchev–Trinajstić information content (AvgIpc) is 2.99. The summed E-state index contributed by atoms with van der Waals surface area (Å²) in [7, 11) is -3.62. The second-order valence-corrected chi connectivity index (χ2v) is 7.80. The summed E-state index contributed by atoms with van der Waals surface area (Å²) in [6.07, 6.45) is 0. The molecule has 0 atom stereocenters. The van der Waals surface area contributed by atoms with Gasteiger partial charge in [0.15, 0.2) is 0 Å². The fourth-order valence-corrected chi connectivity index (χ4v) is 4.36. The molecule has 0 spiro atoms. The van der Waals surface area contributed by atoms with E-state index < -0.39 is 9.84 Å². The Balaban J connectivity index is 1.99. The topological polar surface area (TPSA) is 47.0 Å². The molecule has 0 fully saturated rings. The Hall–Kier alpha value is -2.05. The fourth-order valence-electron chi connectivity index (χ4n) is 1.95. The molecule has 0 aliphatic heterocycles. The number of sulfone groups is 1. The van der Waals surface area contributed by atoms with Crippen LogP contribution in [-0.4, -0.2) is 13.4 Å². The van der Waals surface area contributed by atoms with Crippen molar-refractivity contribution in [2.45, 2.75) is 16.2 Å². The Labute approximate surface area is 132 Å². The van der Waals surface area contributed by atoms with Gasteiger partial charge in [0.05, 0.1) is 10.6 Å². The van der Waals surface area contributed by atoms with Crippen LogP contribution in [0.2, 0.25) is 0 Å². The van der Waals surface area contributed by atoms with Crippen LogP contribution in [0, 0.1) is 12.7 Å². The quantitative estimate of drug-likeness (QED) is 0.725. The molecular weight excluding hydrogens is 321 g/mol. The molecule has 22 heavy (non-hydrogen) atoms. The standard InChI is InChI=1S/C16H12FNO2S2/c1-11-2-8-14(9-3-11)22(19,20)16-18-15(10-21-16)12-4-6-13(17)7-5-12/h2-10H,1H3. The van der Waals surface area contributed by atoms with E-state index in [4.69, 9.17) is 0 Å². The minimum absolute atomic E-state index is 0.0377. The van der Waals surface area contributed by atoms with Gasteiger partial charge in [-0.1, -0.05) is 17.7 Å². The number of benzene rings is 2. The maximum absolute atomic E-state index is 12.9. The number of aryl methyl sites for hydroxylation is 1. The van der Waals surface area contributed by atoms with Gasteiger partial charge in [-0.25, -0.2) is 17.8 Å². The van der Waals surface area contributed by atoms with E-state index in [2.05, 4.69) is 4.98 Å². The highest BCUT2D eigenvalue weighted by molar-refractivity contribution is 7.93. The van der Waals surface area contributed by atoms with E-state index in [0.29, 0.717) is 11.3 Å². The molecule has 0 unspecified atom stereocenters. The van der Waals surface area contributed by atoms with Crippen molar-refractivity contribution in [3.05, 3.63) is 65.3 Å². The molecule has 0 amide bonds. The van der Waals surface area contributed by atoms with Crippen molar-refractivity contribution in [1.82, 2.24) is 4.98 Å². The van der Waals surface area contributed by atoms with Gasteiger partial charge in [0.2, 0.25) is 14.2 Å². The van der Waals surface area contributed by atoms with Crippen molar-refractivity contribution in [2.24, 2.45) is 0 Å². The predicted octanol–water partition coefficient (Wildman–Crippen LogP) is 4.09. The summed E-state index contributed by atoms with van der Waals surface area (Å²) in [6.45, 7) is 1.90. The van der Waals surface area contributed by atoms with Crippen molar-refractivity contribution >= 4 is 21.2 Å². The molecule has 1 aromatic heterocycles. The van der Waals surface area contributed by atoms with E-state index >= 15 is 0 Å². The van der Waals surface area contributed by atoms with Gasteiger partial charge in [0.1, 0.15) is 5.82 Å². The van der Waals surface area contributed by atoms with Crippen molar-refractivity contribution < 1.29 is 12.8 Å². The van der Waals surface area contributed by atoms with Crippen LogP contribution in [0.5, 0.6) is 0 Å². The first-order chi connectivity index (χ1) is 10.5. The van der Waals surface area contributed by atoms with Gasteiger partial charge in [0, 0.05) is 10.9 Å². The largest absolute Gasteiger partial charge is 0.233 e. The lowest BCUT2D eigenvalue weighted by atomic mass is 10.2. The summed E-state index contributed by atoms with van der Waals surface area (Å²) in [5, 5.41) is 1.66. The maximum atomic E-state index is 12.9. The number of hydrogen-bond acceptors (Lipinski definition) is 4. The number of hydrogen-bond donors (Lipinski definition) is 0. The maximum Gasteiger partial charge on any atom is 0.233 e. The summed E-state index contributed by atoms with van der Waals surface area (Å²) in [5.41, 5.74) is 2.20. The van der Waals surface area contributed by atoms with E-state index in [1.54, 1.807) is 41.8 Å². The second-order valence-electron chi connectivity index (χ2n) is 4.82. The van der Waals surface area contributed by atoms with Crippen LogP contribution < -0.4 is 0 Å². The van der Waals surface area contributed by atoms with Gasteiger partial charge >= 0.3 is 0 Å². The van der Waals surface area contributed by atoms with Crippen LogP contribution in [0.3, 0.4) is 0 Å². The Morgan fingerprint density at radius 3 is 2.27 bits per heavy atom. The SMILES string of the molecule is Cc1ccc(S(=O)(=O)c2nc(-c3ccc(F)cc3)cs2)cc1. The number of thiazole rings is 1. The van der Waals surface area contributed by atoms with E-state index in [1.165, 1.54) is 12.1 Å². The number of nitrogens with zero attached hydrogens (tertiary/aromatic N) is 1. The smallest absolute Gasteiger partial charge is 0.225 e. The molecule has 3 rings (SSSR count). The highest BCUT2D eigenvalue weighted by Gasteiger charge is 2.21. The molecular formula is C16H12FNO2S2. The minimum atomic E-state index is -3.62. The lowest BCUT2D eigenvalue weighted by Gasteiger charge is -2.01. The second kappa shape index (κ2) is 5.62. The predicted molar refractivity (Wildman–Crippen MR) is 84.1 cm³/mol. The van der Waals surface area contributed by atoms with Crippen molar-refractivity contribution in [3.8, 4) is 11.3 Å². The Bertz CT molecular complexity index is 898. The lowest BCUT2D eigenvalue weighted by Crippen LogP contribution is -2.01. The van der Waals surface area contributed by atoms with Gasteiger partial charge < -0.3 is 0 Å². The first-order valence-corrected chi connectivity index (χ1v) is 8.86. The first kappa shape index (κ1) is 14.9. The Morgan fingerprint density at radius 1 is 1.00 bits per heavy atom. The molecule has 0 saturated heterocycles. The van der Waals surface area contributed by atoms with Gasteiger partial charge in [-0.05, 0) is 43.3 Å².